The van der Waals surface area contributed by atoms with E-state index in [0.717, 1.165) is 25.2 Å². The van der Waals surface area contributed by atoms with Crippen molar-refractivity contribution < 1.29 is 0 Å². The predicted octanol–water partition coefficient (Wildman–Crippen LogP) is 1.30. The third-order valence-corrected chi connectivity index (χ3v) is 3.16. The number of nitriles is 1. The van der Waals surface area contributed by atoms with E-state index in [0.29, 0.717) is 6.04 Å². The Morgan fingerprint density at radius 2 is 1.94 bits per heavy atom. The molecule has 1 fully saturated rings. The highest BCUT2D eigenvalue weighted by molar-refractivity contribution is 5.31. The summed E-state index contributed by atoms with van der Waals surface area (Å²) in [5.41, 5.74) is 2.02. The van der Waals surface area contributed by atoms with E-state index in [9.17, 15) is 0 Å². The fourth-order valence-corrected chi connectivity index (χ4v) is 1.94. The molecule has 3 nitrogen and oxygen atoms in total. The Balaban J connectivity index is 1.85. The van der Waals surface area contributed by atoms with Gasteiger partial charge < -0.3 is 4.90 Å². The molecule has 1 aromatic carbocycles. The molecule has 0 saturated carbocycles. The monoisotopic (exact) mass is 215 g/mol. The summed E-state index contributed by atoms with van der Waals surface area (Å²) in [7, 11) is 4.26. The van der Waals surface area contributed by atoms with E-state index in [1.807, 2.05) is 24.3 Å². The van der Waals surface area contributed by atoms with Crippen LogP contribution in [0.4, 0.5) is 0 Å². The third-order valence-electron chi connectivity index (χ3n) is 3.16. The van der Waals surface area contributed by atoms with Crippen molar-refractivity contribution in [1.82, 2.24) is 9.80 Å². The minimum absolute atomic E-state index is 0.707. The number of benzene rings is 1. The van der Waals surface area contributed by atoms with E-state index in [4.69, 9.17) is 5.26 Å². The second-order valence-electron chi connectivity index (χ2n) is 4.62. The second-order valence-corrected chi connectivity index (χ2v) is 4.62. The van der Waals surface area contributed by atoms with E-state index in [1.54, 1.807) is 0 Å². The molecule has 1 aliphatic heterocycles. The average Bonchev–Trinajstić information content (AvgIpc) is 2.23. The largest absolute Gasteiger partial charge is 0.304 e. The van der Waals surface area contributed by atoms with Gasteiger partial charge in [-0.15, -0.1) is 0 Å². The Morgan fingerprint density at radius 3 is 2.44 bits per heavy atom. The van der Waals surface area contributed by atoms with Crippen molar-refractivity contribution in [3.05, 3.63) is 35.4 Å². The molecule has 2 rings (SSSR count). The maximum absolute atomic E-state index is 8.70. The zero-order chi connectivity index (χ0) is 11.5. The summed E-state index contributed by atoms with van der Waals surface area (Å²) in [6, 6.07) is 10.7. The van der Waals surface area contributed by atoms with Crippen molar-refractivity contribution in [1.29, 1.82) is 5.26 Å². The van der Waals surface area contributed by atoms with Crippen LogP contribution in [0.3, 0.4) is 0 Å². The molecule has 0 bridgehead atoms. The Kier molecular flexibility index (Phi) is 3.23. The molecule has 0 atom stereocenters. The van der Waals surface area contributed by atoms with Crippen LogP contribution in [0.25, 0.3) is 0 Å². The first-order valence-corrected chi connectivity index (χ1v) is 5.57. The third kappa shape index (κ3) is 2.41. The average molecular weight is 215 g/mol. The number of hydrogen-bond acceptors (Lipinski definition) is 3. The van der Waals surface area contributed by atoms with Crippen molar-refractivity contribution in [2.24, 2.45) is 0 Å². The van der Waals surface area contributed by atoms with E-state index in [1.165, 1.54) is 5.56 Å². The molecule has 0 aliphatic carbocycles. The number of likely N-dealkylation sites (tertiary alicyclic amines) is 1. The van der Waals surface area contributed by atoms with E-state index in [-0.39, 0.29) is 0 Å². The summed E-state index contributed by atoms with van der Waals surface area (Å²) in [6.07, 6.45) is 0. The van der Waals surface area contributed by atoms with Gasteiger partial charge in [0.05, 0.1) is 11.6 Å². The molecule has 0 unspecified atom stereocenters. The summed E-state index contributed by atoms with van der Waals surface area (Å²) >= 11 is 0. The van der Waals surface area contributed by atoms with Gasteiger partial charge in [-0.1, -0.05) is 12.1 Å². The molecule has 1 heterocycles. The maximum Gasteiger partial charge on any atom is 0.0991 e. The SMILES string of the molecule is CN(C)C1CN(Cc2ccc(C#N)cc2)C1. The molecule has 0 spiro atoms. The number of rotatable bonds is 3. The zero-order valence-corrected chi connectivity index (χ0v) is 9.85. The molecule has 3 heteroatoms. The van der Waals surface area contributed by atoms with Crippen LogP contribution in [0.2, 0.25) is 0 Å². The van der Waals surface area contributed by atoms with Gasteiger partial charge in [-0.2, -0.15) is 5.26 Å². The molecule has 0 aromatic heterocycles. The molecule has 1 aromatic rings. The van der Waals surface area contributed by atoms with E-state index < -0.39 is 0 Å². The van der Waals surface area contributed by atoms with Gasteiger partial charge in [-0.05, 0) is 31.8 Å². The fourth-order valence-electron chi connectivity index (χ4n) is 1.94. The highest BCUT2D eigenvalue weighted by Crippen LogP contribution is 2.16. The van der Waals surface area contributed by atoms with Crippen LogP contribution < -0.4 is 0 Å². The highest BCUT2D eigenvalue weighted by atomic mass is 15.3. The van der Waals surface area contributed by atoms with Crippen molar-refractivity contribution in [2.45, 2.75) is 12.6 Å². The Morgan fingerprint density at radius 1 is 1.31 bits per heavy atom. The number of nitrogens with zero attached hydrogens (tertiary/aromatic N) is 3. The van der Waals surface area contributed by atoms with Gasteiger partial charge in [0.15, 0.2) is 0 Å². The molecule has 0 N–H and O–H groups in total. The Hall–Kier alpha value is -1.37. The first-order chi connectivity index (χ1) is 7.69. The molecule has 1 aliphatic rings. The van der Waals surface area contributed by atoms with Crippen LogP contribution in [0, 0.1) is 11.3 Å². The molecule has 0 radical (unpaired) electrons. The van der Waals surface area contributed by atoms with Gasteiger partial charge >= 0.3 is 0 Å². The van der Waals surface area contributed by atoms with E-state index >= 15 is 0 Å². The molecule has 84 valence electrons. The Bertz CT molecular complexity index is 383. The normalized spacial score (nSPS) is 17.1. The van der Waals surface area contributed by atoms with Gasteiger partial charge in [0.1, 0.15) is 0 Å². The Labute approximate surface area is 96.9 Å². The predicted molar refractivity (Wildman–Crippen MR) is 63.9 cm³/mol. The summed E-state index contributed by atoms with van der Waals surface area (Å²) < 4.78 is 0. The summed E-state index contributed by atoms with van der Waals surface area (Å²) in [5.74, 6) is 0. The summed E-state index contributed by atoms with van der Waals surface area (Å²) in [6.45, 7) is 3.29. The molecule has 1 saturated heterocycles. The molecular weight excluding hydrogens is 198 g/mol. The maximum atomic E-state index is 8.70. The number of hydrogen-bond donors (Lipinski definition) is 0. The molecule has 16 heavy (non-hydrogen) atoms. The summed E-state index contributed by atoms with van der Waals surface area (Å²) in [5, 5.41) is 8.70. The van der Waals surface area contributed by atoms with Gasteiger partial charge in [-0.25, -0.2) is 0 Å². The standard InChI is InChI=1S/C13H17N3/c1-15(2)13-9-16(10-13)8-12-5-3-11(7-14)4-6-12/h3-6,13H,8-10H2,1-2H3. The van der Waals surface area contributed by atoms with Crippen molar-refractivity contribution in [2.75, 3.05) is 27.2 Å². The lowest BCUT2D eigenvalue weighted by atomic mass is 10.1. The topological polar surface area (TPSA) is 30.3 Å². The first kappa shape index (κ1) is 11.1. The lowest BCUT2D eigenvalue weighted by molar-refractivity contribution is 0.0574. The van der Waals surface area contributed by atoms with Crippen LogP contribution in [0.5, 0.6) is 0 Å². The summed E-state index contributed by atoms with van der Waals surface area (Å²) in [4.78, 5) is 4.70. The molecular formula is C13H17N3. The zero-order valence-electron chi connectivity index (χ0n) is 9.85. The number of likely N-dealkylation sites (N-methyl/N-ethyl adjacent to an activating group) is 1. The van der Waals surface area contributed by atoms with E-state index in [2.05, 4.69) is 30.0 Å². The minimum atomic E-state index is 0.707. The molecule has 0 amide bonds. The van der Waals surface area contributed by atoms with Gasteiger partial charge in [0.25, 0.3) is 0 Å². The quantitative estimate of drug-likeness (QED) is 0.761. The van der Waals surface area contributed by atoms with Crippen molar-refractivity contribution >= 4 is 0 Å². The lowest BCUT2D eigenvalue weighted by Gasteiger charge is -2.42. The lowest BCUT2D eigenvalue weighted by Crippen LogP contribution is -2.56. The minimum Gasteiger partial charge on any atom is -0.304 e. The van der Waals surface area contributed by atoms with Crippen molar-refractivity contribution in [3.8, 4) is 6.07 Å². The van der Waals surface area contributed by atoms with Crippen molar-refractivity contribution in [3.63, 3.8) is 0 Å². The van der Waals surface area contributed by atoms with Crippen LogP contribution in [0.1, 0.15) is 11.1 Å². The smallest absolute Gasteiger partial charge is 0.0991 e. The van der Waals surface area contributed by atoms with Gasteiger partial charge in [0, 0.05) is 25.7 Å². The van der Waals surface area contributed by atoms with Crippen LogP contribution in [0.15, 0.2) is 24.3 Å². The van der Waals surface area contributed by atoms with Gasteiger partial charge in [-0.3, -0.25) is 4.90 Å². The second kappa shape index (κ2) is 4.65. The highest BCUT2D eigenvalue weighted by Gasteiger charge is 2.27. The van der Waals surface area contributed by atoms with Crippen LogP contribution in [-0.2, 0) is 6.54 Å². The fraction of sp³-hybridized carbons (Fsp3) is 0.462. The van der Waals surface area contributed by atoms with Crippen LogP contribution in [-0.4, -0.2) is 43.0 Å². The van der Waals surface area contributed by atoms with Gasteiger partial charge in [0.2, 0.25) is 0 Å². The first-order valence-electron chi connectivity index (χ1n) is 5.57. The van der Waals surface area contributed by atoms with Crippen LogP contribution >= 0.6 is 0 Å².